The van der Waals surface area contributed by atoms with E-state index < -0.39 is 0 Å². The molecule has 0 radical (unpaired) electrons. The number of hydrogen-bond donors (Lipinski definition) is 1. The molecule has 20 heavy (non-hydrogen) atoms. The molecule has 0 saturated heterocycles. The van der Waals surface area contributed by atoms with Crippen LogP contribution in [-0.4, -0.2) is 13.0 Å². The second-order valence-electron chi connectivity index (χ2n) is 4.49. The third kappa shape index (κ3) is 3.59. The summed E-state index contributed by atoms with van der Waals surface area (Å²) in [6.45, 7) is 1.97. The Morgan fingerprint density at radius 1 is 1.20 bits per heavy atom. The molecule has 0 aromatic heterocycles. The average Bonchev–Trinajstić information content (AvgIpc) is 2.40. The number of carbonyl (C=O) groups is 1. The van der Waals surface area contributed by atoms with E-state index in [9.17, 15) is 4.79 Å². The van der Waals surface area contributed by atoms with Crippen molar-refractivity contribution in [2.24, 2.45) is 0 Å². The lowest BCUT2D eigenvalue weighted by atomic mass is 9.99. The van der Waals surface area contributed by atoms with Gasteiger partial charge < -0.3 is 10.1 Å². The molecular formula is C16H16ClNO2. The van der Waals surface area contributed by atoms with Crippen molar-refractivity contribution in [3.05, 3.63) is 53.1 Å². The van der Waals surface area contributed by atoms with Crippen LogP contribution in [0.3, 0.4) is 0 Å². The van der Waals surface area contributed by atoms with Crippen molar-refractivity contribution in [1.82, 2.24) is 0 Å². The van der Waals surface area contributed by atoms with E-state index in [0.29, 0.717) is 11.6 Å². The number of benzene rings is 2. The number of rotatable bonds is 4. The van der Waals surface area contributed by atoms with Gasteiger partial charge in [-0.05, 0) is 41.0 Å². The summed E-state index contributed by atoms with van der Waals surface area (Å²) in [4.78, 5) is 11.1. The lowest BCUT2D eigenvalue weighted by Crippen LogP contribution is -2.06. The van der Waals surface area contributed by atoms with Crippen molar-refractivity contribution in [2.75, 3.05) is 12.4 Å². The second-order valence-corrected chi connectivity index (χ2v) is 4.93. The lowest BCUT2D eigenvalue weighted by Gasteiger charge is -2.12. The predicted octanol–water partition coefficient (Wildman–Crippen LogP) is 4.11. The van der Waals surface area contributed by atoms with Gasteiger partial charge in [0.2, 0.25) is 5.91 Å². The van der Waals surface area contributed by atoms with Crippen molar-refractivity contribution in [3.63, 3.8) is 0 Å². The number of halogens is 1. The monoisotopic (exact) mass is 289 g/mol. The molecule has 0 aliphatic rings. The summed E-state index contributed by atoms with van der Waals surface area (Å²) >= 11 is 5.91. The fourth-order valence-electron chi connectivity index (χ4n) is 2.06. The van der Waals surface area contributed by atoms with Gasteiger partial charge in [-0.3, -0.25) is 4.79 Å². The van der Waals surface area contributed by atoms with Gasteiger partial charge in [0.05, 0.1) is 6.61 Å². The van der Waals surface area contributed by atoms with Gasteiger partial charge in [-0.15, -0.1) is 0 Å². The zero-order chi connectivity index (χ0) is 14.5. The van der Waals surface area contributed by atoms with Crippen LogP contribution in [0.4, 0.5) is 5.69 Å². The van der Waals surface area contributed by atoms with Crippen molar-refractivity contribution in [1.29, 1.82) is 0 Å². The zero-order valence-corrected chi connectivity index (χ0v) is 12.2. The van der Waals surface area contributed by atoms with Gasteiger partial charge in [0.1, 0.15) is 0 Å². The molecule has 0 aliphatic heterocycles. The summed E-state index contributed by atoms with van der Waals surface area (Å²) in [5.74, 6) is -0.0902. The molecule has 3 nitrogen and oxygen atoms in total. The number of amides is 1. The molecule has 104 valence electrons. The lowest BCUT2D eigenvalue weighted by molar-refractivity contribution is -0.114. The molecule has 0 atom stereocenters. The van der Waals surface area contributed by atoms with Crippen molar-refractivity contribution >= 4 is 23.2 Å². The van der Waals surface area contributed by atoms with Crippen LogP contribution in [0.25, 0.3) is 11.1 Å². The fourth-order valence-corrected chi connectivity index (χ4v) is 2.19. The number of anilines is 1. The number of ether oxygens (including phenoxy) is 1. The highest BCUT2D eigenvalue weighted by molar-refractivity contribution is 6.30. The third-order valence-corrected chi connectivity index (χ3v) is 3.13. The van der Waals surface area contributed by atoms with Gasteiger partial charge in [-0.1, -0.05) is 29.8 Å². The Labute approximate surface area is 123 Å². The van der Waals surface area contributed by atoms with Crippen LogP contribution in [0.2, 0.25) is 5.02 Å². The van der Waals surface area contributed by atoms with Crippen LogP contribution in [-0.2, 0) is 16.1 Å². The van der Waals surface area contributed by atoms with Crippen LogP contribution in [0, 0.1) is 0 Å². The second kappa shape index (κ2) is 6.55. The molecule has 0 unspecified atom stereocenters. The summed E-state index contributed by atoms with van der Waals surface area (Å²) < 4.78 is 5.23. The smallest absolute Gasteiger partial charge is 0.221 e. The normalized spacial score (nSPS) is 10.3. The maximum Gasteiger partial charge on any atom is 0.221 e. The van der Waals surface area contributed by atoms with E-state index in [1.54, 1.807) is 7.11 Å². The minimum Gasteiger partial charge on any atom is -0.380 e. The zero-order valence-electron chi connectivity index (χ0n) is 11.4. The van der Waals surface area contributed by atoms with E-state index in [1.165, 1.54) is 6.92 Å². The first-order valence-electron chi connectivity index (χ1n) is 6.25. The van der Waals surface area contributed by atoms with Crippen LogP contribution < -0.4 is 5.32 Å². The number of nitrogens with one attached hydrogen (secondary N) is 1. The van der Waals surface area contributed by atoms with Gasteiger partial charge in [-0.25, -0.2) is 0 Å². The molecule has 2 aromatic rings. The van der Waals surface area contributed by atoms with E-state index in [0.717, 1.165) is 22.4 Å². The topological polar surface area (TPSA) is 38.3 Å². The molecule has 0 aliphatic carbocycles. The summed E-state index contributed by atoms with van der Waals surface area (Å²) in [6.07, 6.45) is 0. The molecule has 0 fully saturated rings. The Balaban J connectivity index is 2.41. The first-order chi connectivity index (χ1) is 9.60. The largest absolute Gasteiger partial charge is 0.380 e. The first kappa shape index (κ1) is 14.6. The summed E-state index contributed by atoms with van der Waals surface area (Å²) in [5.41, 5.74) is 3.91. The van der Waals surface area contributed by atoms with Gasteiger partial charge in [0, 0.05) is 24.7 Å². The summed E-state index contributed by atoms with van der Waals surface area (Å²) in [6, 6.07) is 13.4. The van der Waals surface area contributed by atoms with Crippen molar-refractivity contribution in [2.45, 2.75) is 13.5 Å². The Kier molecular flexibility index (Phi) is 4.77. The van der Waals surface area contributed by atoms with Crippen LogP contribution in [0.5, 0.6) is 0 Å². The molecule has 0 bridgehead atoms. The van der Waals surface area contributed by atoms with Crippen molar-refractivity contribution in [3.8, 4) is 11.1 Å². The van der Waals surface area contributed by atoms with Crippen LogP contribution in [0.15, 0.2) is 42.5 Å². The molecule has 1 amide bonds. The van der Waals surface area contributed by atoms with E-state index in [-0.39, 0.29) is 5.91 Å². The van der Waals surface area contributed by atoms with E-state index in [2.05, 4.69) is 5.32 Å². The minimum absolute atomic E-state index is 0.0902. The van der Waals surface area contributed by atoms with Crippen LogP contribution >= 0.6 is 11.6 Å². The highest BCUT2D eigenvalue weighted by atomic mass is 35.5. The molecule has 2 aromatic carbocycles. The number of carbonyl (C=O) groups excluding carboxylic acids is 1. The average molecular weight is 290 g/mol. The van der Waals surface area contributed by atoms with Gasteiger partial charge in [-0.2, -0.15) is 0 Å². The number of methoxy groups -OCH3 is 1. The van der Waals surface area contributed by atoms with Crippen LogP contribution in [0.1, 0.15) is 12.5 Å². The Morgan fingerprint density at radius 2 is 1.90 bits per heavy atom. The Morgan fingerprint density at radius 3 is 2.50 bits per heavy atom. The standard InChI is InChI=1S/C16H16ClNO2/c1-11(19)18-15-7-8-16(13(9-15)10-20-2)12-3-5-14(17)6-4-12/h3-9H,10H2,1-2H3,(H,18,19). The van der Waals surface area contributed by atoms with E-state index >= 15 is 0 Å². The van der Waals surface area contributed by atoms with Gasteiger partial charge in [0.15, 0.2) is 0 Å². The Hall–Kier alpha value is -1.84. The molecule has 0 heterocycles. The van der Waals surface area contributed by atoms with E-state index in [4.69, 9.17) is 16.3 Å². The Bertz CT molecular complexity index is 608. The highest BCUT2D eigenvalue weighted by Gasteiger charge is 2.07. The molecule has 0 saturated carbocycles. The molecule has 2 rings (SSSR count). The van der Waals surface area contributed by atoms with Gasteiger partial charge >= 0.3 is 0 Å². The molecular weight excluding hydrogens is 274 g/mol. The van der Waals surface area contributed by atoms with E-state index in [1.807, 2.05) is 42.5 Å². The molecule has 4 heteroatoms. The summed E-state index contributed by atoms with van der Waals surface area (Å²) in [5, 5.41) is 3.48. The molecule has 1 N–H and O–H groups in total. The van der Waals surface area contributed by atoms with Crippen molar-refractivity contribution < 1.29 is 9.53 Å². The first-order valence-corrected chi connectivity index (χ1v) is 6.63. The number of hydrogen-bond acceptors (Lipinski definition) is 2. The highest BCUT2D eigenvalue weighted by Crippen LogP contribution is 2.28. The third-order valence-electron chi connectivity index (χ3n) is 2.88. The SMILES string of the molecule is COCc1cc(NC(C)=O)ccc1-c1ccc(Cl)cc1. The minimum atomic E-state index is -0.0902. The molecule has 0 spiro atoms. The predicted molar refractivity (Wildman–Crippen MR) is 81.9 cm³/mol. The maximum absolute atomic E-state index is 11.1. The van der Waals surface area contributed by atoms with Gasteiger partial charge in [0.25, 0.3) is 0 Å². The quantitative estimate of drug-likeness (QED) is 0.920. The summed E-state index contributed by atoms with van der Waals surface area (Å²) in [7, 11) is 1.65. The maximum atomic E-state index is 11.1. The fraction of sp³-hybridized carbons (Fsp3) is 0.188.